The molecule has 4 heterocycles. The number of aromatic amines is 1. The highest BCUT2D eigenvalue weighted by molar-refractivity contribution is 7.13. The largest absolute Gasteiger partial charge is 0.329 e. The van der Waals surface area contributed by atoms with E-state index >= 15 is 0 Å². The van der Waals surface area contributed by atoms with Crippen LogP contribution < -0.4 is 15.5 Å². The van der Waals surface area contributed by atoms with Gasteiger partial charge in [0.1, 0.15) is 11.9 Å². The van der Waals surface area contributed by atoms with Crippen LogP contribution in [0.15, 0.2) is 17.6 Å². The summed E-state index contributed by atoms with van der Waals surface area (Å²) >= 11 is 1.43. The van der Waals surface area contributed by atoms with E-state index in [1.165, 1.54) is 48.3 Å². The summed E-state index contributed by atoms with van der Waals surface area (Å²) in [6.45, 7) is 2.99. The summed E-state index contributed by atoms with van der Waals surface area (Å²) in [6.07, 6.45) is 10.4. The third-order valence-electron chi connectivity index (χ3n) is 7.43. The van der Waals surface area contributed by atoms with Gasteiger partial charge >= 0.3 is 0 Å². The van der Waals surface area contributed by atoms with Crippen LogP contribution in [-0.4, -0.2) is 43.6 Å². The number of thiazole rings is 1. The first-order chi connectivity index (χ1) is 16.7. The molecule has 3 aromatic rings. The van der Waals surface area contributed by atoms with Crippen molar-refractivity contribution >= 4 is 40.0 Å². The van der Waals surface area contributed by atoms with Gasteiger partial charge in [0.15, 0.2) is 10.9 Å². The van der Waals surface area contributed by atoms with E-state index in [1.807, 2.05) is 10.3 Å². The van der Waals surface area contributed by atoms with E-state index < -0.39 is 0 Å². The Balaban J connectivity index is 1.28. The summed E-state index contributed by atoms with van der Waals surface area (Å²) in [5, 5.41) is 16.7. The van der Waals surface area contributed by atoms with Gasteiger partial charge in [-0.05, 0) is 44.4 Å². The molecule has 6 rings (SSSR count). The highest BCUT2D eigenvalue weighted by Crippen LogP contribution is 2.40. The summed E-state index contributed by atoms with van der Waals surface area (Å²) < 4.78 is 0. The van der Waals surface area contributed by atoms with Gasteiger partial charge in [-0.3, -0.25) is 9.89 Å². The summed E-state index contributed by atoms with van der Waals surface area (Å²) in [4.78, 5) is 29.2. The normalized spacial score (nSPS) is 22.3. The van der Waals surface area contributed by atoms with Gasteiger partial charge in [0.2, 0.25) is 11.9 Å². The molecule has 3 aromatic heterocycles. The maximum atomic E-state index is 13.0. The van der Waals surface area contributed by atoms with E-state index in [-0.39, 0.29) is 11.9 Å². The van der Waals surface area contributed by atoms with Gasteiger partial charge in [-0.15, -0.1) is 11.3 Å². The quantitative estimate of drug-likeness (QED) is 0.470. The second kappa shape index (κ2) is 8.98. The Morgan fingerprint density at radius 3 is 2.88 bits per heavy atom. The number of fused-ring (bicyclic) bond motifs is 1. The van der Waals surface area contributed by atoms with Crippen molar-refractivity contribution in [3.63, 3.8) is 0 Å². The zero-order valence-electron chi connectivity index (χ0n) is 19.4. The van der Waals surface area contributed by atoms with Crippen molar-refractivity contribution in [2.24, 2.45) is 0 Å². The molecule has 2 atom stereocenters. The number of amides is 1. The van der Waals surface area contributed by atoms with Crippen molar-refractivity contribution in [2.75, 3.05) is 22.1 Å². The van der Waals surface area contributed by atoms with Gasteiger partial charge in [0.25, 0.3) is 0 Å². The second-order valence-electron chi connectivity index (χ2n) is 9.67. The van der Waals surface area contributed by atoms with Crippen LogP contribution in [0.1, 0.15) is 80.7 Å². The predicted octanol–water partition coefficient (Wildman–Crippen LogP) is 4.71. The maximum Gasteiger partial charge on any atom is 0.248 e. The van der Waals surface area contributed by atoms with Gasteiger partial charge in [-0.1, -0.05) is 19.8 Å². The molecule has 1 aliphatic heterocycles. The minimum absolute atomic E-state index is 0.0482. The van der Waals surface area contributed by atoms with Gasteiger partial charge in [-0.25, -0.2) is 9.97 Å². The molecule has 34 heavy (non-hydrogen) atoms. The Morgan fingerprint density at radius 2 is 2.06 bits per heavy atom. The van der Waals surface area contributed by atoms with Crippen molar-refractivity contribution in [3.05, 3.63) is 34.6 Å². The number of carbonyl (C=O) groups is 1. The molecule has 1 saturated heterocycles. The van der Waals surface area contributed by atoms with Gasteiger partial charge < -0.3 is 15.5 Å². The lowest BCUT2D eigenvalue weighted by Crippen LogP contribution is -2.40. The Morgan fingerprint density at radius 1 is 1.18 bits per heavy atom. The van der Waals surface area contributed by atoms with E-state index in [0.717, 1.165) is 49.6 Å². The maximum absolute atomic E-state index is 13.0. The summed E-state index contributed by atoms with van der Waals surface area (Å²) in [5.74, 6) is 3.16. The van der Waals surface area contributed by atoms with Crippen LogP contribution in [0.25, 0.3) is 0 Å². The zero-order chi connectivity index (χ0) is 23.1. The molecule has 0 aromatic carbocycles. The number of anilines is 4. The van der Waals surface area contributed by atoms with E-state index in [2.05, 4.69) is 38.8 Å². The molecule has 1 saturated carbocycles. The first kappa shape index (κ1) is 21.5. The lowest BCUT2D eigenvalue weighted by Gasteiger charge is -2.25. The minimum Gasteiger partial charge on any atom is -0.329 e. The smallest absolute Gasteiger partial charge is 0.248 e. The van der Waals surface area contributed by atoms with Crippen LogP contribution in [0.5, 0.6) is 0 Å². The summed E-state index contributed by atoms with van der Waals surface area (Å²) in [5.41, 5.74) is 3.46. The average molecular weight is 479 g/mol. The molecule has 3 N–H and O–H groups in total. The van der Waals surface area contributed by atoms with Crippen molar-refractivity contribution in [1.82, 2.24) is 25.1 Å². The third kappa shape index (κ3) is 4.04. The van der Waals surface area contributed by atoms with Crippen molar-refractivity contribution in [2.45, 2.75) is 76.2 Å². The second-order valence-corrected chi connectivity index (χ2v) is 10.6. The fourth-order valence-corrected chi connectivity index (χ4v) is 6.18. The molecule has 9 nitrogen and oxygen atoms in total. The number of carbonyl (C=O) groups excluding carboxylic acids is 1. The van der Waals surface area contributed by atoms with E-state index in [4.69, 9.17) is 9.97 Å². The van der Waals surface area contributed by atoms with Crippen molar-refractivity contribution in [3.8, 4) is 0 Å². The lowest BCUT2D eigenvalue weighted by atomic mass is 10.0. The molecule has 1 unspecified atom stereocenters. The van der Waals surface area contributed by atoms with Gasteiger partial charge in [0.05, 0.1) is 5.69 Å². The SMILES string of the molecule is CC1CCc2nc(N3CCC[C@H]3C(=O)Nc3nccs3)nc(Nc3cc(C4CCCC4)[nH]n3)c21. The van der Waals surface area contributed by atoms with Crippen molar-refractivity contribution in [1.29, 1.82) is 0 Å². The first-order valence-corrected chi connectivity index (χ1v) is 13.2. The topological polar surface area (TPSA) is 112 Å². The third-order valence-corrected chi connectivity index (χ3v) is 8.12. The number of rotatable bonds is 6. The molecule has 0 spiro atoms. The number of aryl methyl sites for hydroxylation is 1. The molecular weight excluding hydrogens is 448 g/mol. The molecule has 10 heteroatoms. The number of hydrogen-bond donors (Lipinski definition) is 3. The Labute approximate surface area is 202 Å². The number of nitrogens with zero attached hydrogens (tertiary/aromatic N) is 5. The highest BCUT2D eigenvalue weighted by Gasteiger charge is 2.35. The van der Waals surface area contributed by atoms with Crippen LogP contribution in [0.2, 0.25) is 0 Å². The molecule has 0 radical (unpaired) electrons. The van der Waals surface area contributed by atoms with Crippen LogP contribution >= 0.6 is 11.3 Å². The summed E-state index contributed by atoms with van der Waals surface area (Å²) in [6, 6.07) is 1.83. The number of aromatic nitrogens is 5. The minimum atomic E-state index is -0.298. The van der Waals surface area contributed by atoms with Crippen LogP contribution in [-0.2, 0) is 11.2 Å². The van der Waals surface area contributed by atoms with E-state index in [9.17, 15) is 4.79 Å². The number of H-pyrrole nitrogens is 1. The molecule has 1 amide bonds. The number of nitrogens with one attached hydrogen (secondary N) is 3. The highest BCUT2D eigenvalue weighted by atomic mass is 32.1. The monoisotopic (exact) mass is 478 g/mol. The van der Waals surface area contributed by atoms with Crippen LogP contribution in [0.3, 0.4) is 0 Å². The van der Waals surface area contributed by atoms with E-state index in [0.29, 0.717) is 22.9 Å². The standard InChI is InChI=1S/C24H30N8OS/c1-14-8-9-16-20(14)21(27-19-13-17(30-31-19)15-5-2-3-6-15)28-23(26-16)32-11-4-7-18(32)22(33)29-24-25-10-12-34-24/h10,12-15,18H,2-9,11H2,1H3,(H,25,29,33)(H2,26,27,28,30,31)/t14?,18-/m0/s1. The van der Waals surface area contributed by atoms with Gasteiger partial charge in [-0.2, -0.15) is 10.1 Å². The molecule has 0 bridgehead atoms. The fraction of sp³-hybridized carbons (Fsp3) is 0.542. The number of hydrogen-bond acceptors (Lipinski definition) is 8. The molecular formula is C24H30N8OS. The first-order valence-electron chi connectivity index (χ1n) is 12.4. The fourth-order valence-electron chi connectivity index (χ4n) is 5.65. The molecule has 2 aliphatic carbocycles. The predicted molar refractivity (Wildman–Crippen MR) is 133 cm³/mol. The van der Waals surface area contributed by atoms with Crippen molar-refractivity contribution < 1.29 is 4.79 Å². The lowest BCUT2D eigenvalue weighted by molar-refractivity contribution is -0.117. The van der Waals surface area contributed by atoms with Gasteiger partial charge in [0, 0.05) is 41.4 Å². The molecule has 2 fully saturated rings. The van der Waals surface area contributed by atoms with E-state index in [1.54, 1.807) is 6.20 Å². The Bertz CT molecular complexity index is 1170. The zero-order valence-corrected chi connectivity index (χ0v) is 20.2. The van der Waals surface area contributed by atoms with Crippen LogP contribution in [0, 0.1) is 0 Å². The molecule has 178 valence electrons. The summed E-state index contributed by atoms with van der Waals surface area (Å²) in [7, 11) is 0. The average Bonchev–Trinajstić information content (AvgIpc) is 3.65. The van der Waals surface area contributed by atoms with Crippen LogP contribution in [0.4, 0.5) is 22.7 Å². The Kier molecular flexibility index (Phi) is 5.68. The Hall–Kier alpha value is -3.01. The molecule has 3 aliphatic rings.